The summed E-state index contributed by atoms with van der Waals surface area (Å²) in [6, 6.07) is 13.5. The molecule has 0 unspecified atom stereocenters. The summed E-state index contributed by atoms with van der Waals surface area (Å²) in [5.41, 5.74) is 4.08. The third kappa shape index (κ3) is 3.60. The van der Waals surface area contributed by atoms with Gasteiger partial charge in [-0.25, -0.2) is 4.98 Å². The quantitative estimate of drug-likeness (QED) is 0.770. The van der Waals surface area contributed by atoms with Crippen LogP contribution in [-0.4, -0.2) is 15.5 Å². The summed E-state index contributed by atoms with van der Waals surface area (Å²) in [7, 11) is 2.03. The number of imidazole rings is 1. The van der Waals surface area contributed by atoms with Gasteiger partial charge in [0.15, 0.2) is 0 Å². The highest BCUT2D eigenvalue weighted by molar-refractivity contribution is 6.30. The van der Waals surface area contributed by atoms with Crippen molar-refractivity contribution in [3.63, 3.8) is 0 Å². The summed E-state index contributed by atoms with van der Waals surface area (Å²) in [6.45, 7) is 2.60. The third-order valence-electron chi connectivity index (χ3n) is 4.12. The monoisotopic (exact) mass is 341 g/mol. The van der Waals surface area contributed by atoms with Crippen LogP contribution < -0.4 is 5.32 Å². The van der Waals surface area contributed by atoms with Crippen LogP contribution in [0.1, 0.15) is 23.9 Å². The van der Waals surface area contributed by atoms with Crippen LogP contribution in [0.25, 0.3) is 11.0 Å². The fraction of sp³-hybridized carbons (Fsp3) is 0.263. The van der Waals surface area contributed by atoms with Gasteiger partial charge in [-0.1, -0.05) is 36.7 Å². The number of hydrogen-bond acceptors (Lipinski definition) is 2. The highest BCUT2D eigenvalue weighted by atomic mass is 35.5. The van der Waals surface area contributed by atoms with E-state index >= 15 is 0 Å². The summed E-state index contributed by atoms with van der Waals surface area (Å²) < 4.78 is 2.11. The lowest BCUT2D eigenvalue weighted by molar-refractivity contribution is -0.120. The fourth-order valence-electron chi connectivity index (χ4n) is 2.77. The molecule has 0 atom stereocenters. The summed E-state index contributed by atoms with van der Waals surface area (Å²) in [5.74, 6) is 1.06. The fourth-order valence-corrected chi connectivity index (χ4v) is 2.90. The molecule has 3 rings (SSSR count). The van der Waals surface area contributed by atoms with Gasteiger partial charge in [-0.2, -0.15) is 0 Å². The van der Waals surface area contributed by atoms with Crippen molar-refractivity contribution in [2.24, 2.45) is 7.05 Å². The maximum absolute atomic E-state index is 12.1. The van der Waals surface area contributed by atoms with Crippen LogP contribution in [0.15, 0.2) is 42.5 Å². The molecule has 124 valence electrons. The average molecular weight is 342 g/mol. The average Bonchev–Trinajstić information content (AvgIpc) is 2.91. The highest BCUT2D eigenvalue weighted by Gasteiger charge is 2.08. The number of rotatable bonds is 5. The molecule has 0 bridgehead atoms. The van der Waals surface area contributed by atoms with Gasteiger partial charge in [0.2, 0.25) is 5.91 Å². The molecule has 1 amide bonds. The number of benzene rings is 2. The van der Waals surface area contributed by atoms with Crippen LogP contribution >= 0.6 is 11.6 Å². The summed E-state index contributed by atoms with van der Waals surface area (Å²) in [5, 5.41) is 3.63. The van der Waals surface area contributed by atoms with Gasteiger partial charge >= 0.3 is 0 Å². The minimum absolute atomic E-state index is 0.00677. The van der Waals surface area contributed by atoms with Crippen molar-refractivity contribution in [2.45, 2.75) is 26.3 Å². The molecule has 1 heterocycles. The lowest BCUT2D eigenvalue weighted by atomic mass is 10.1. The van der Waals surface area contributed by atoms with E-state index in [1.165, 1.54) is 0 Å². The van der Waals surface area contributed by atoms with E-state index in [0.29, 0.717) is 18.0 Å². The number of halogens is 1. The molecule has 0 spiro atoms. The molecule has 0 saturated heterocycles. The van der Waals surface area contributed by atoms with Gasteiger partial charge in [0.1, 0.15) is 5.82 Å². The second kappa shape index (κ2) is 7.05. The van der Waals surface area contributed by atoms with Crippen molar-refractivity contribution >= 4 is 28.5 Å². The Balaban J connectivity index is 1.64. The molecule has 0 fully saturated rings. The van der Waals surface area contributed by atoms with Gasteiger partial charge < -0.3 is 9.88 Å². The zero-order valence-corrected chi connectivity index (χ0v) is 14.6. The first-order valence-electron chi connectivity index (χ1n) is 8.02. The molecule has 24 heavy (non-hydrogen) atoms. The summed E-state index contributed by atoms with van der Waals surface area (Å²) in [4.78, 5) is 16.7. The van der Waals surface area contributed by atoms with Gasteiger partial charge in [0.25, 0.3) is 0 Å². The zero-order valence-electron chi connectivity index (χ0n) is 13.8. The Hall–Kier alpha value is -2.33. The molecule has 0 aliphatic carbocycles. The molecule has 1 N–H and O–H groups in total. The van der Waals surface area contributed by atoms with Crippen LogP contribution in [0, 0.1) is 0 Å². The van der Waals surface area contributed by atoms with Crippen molar-refractivity contribution in [1.29, 1.82) is 0 Å². The molecular formula is C19H20ClN3O. The molecule has 0 aliphatic heterocycles. The van der Waals surface area contributed by atoms with Crippen LogP contribution in [0.3, 0.4) is 0 Å². The number of carbonyl (C=O) groups excluding carboxylic acids is 1. The van der Waals surface area contributed by atoms with Gasteiger partial charge in [-0.3, -0.25) is 4.79 Å². The zero-order chi connectivity index (χ0) is 17.1. The highest BCUT2D eigenvalue weighted by Crippen LogP contribution is 2.17. The molecule has 2 aromatic carbocycles. The number of aryl methyl sites for hydroxylation is 2. The first kappa shape index (κ1) is 16.5. The number of fused-ring (bicyclic) bond motifs is 1. The maximum atomic E-state index is 12.1. The Labute approximate surface area is 146 Å². The molecule has 0 radical (unpaired) electrons. The SMILES string of the molecule is CCc1nc2cc(CNC(=O)Cc3ccc(Cl)cc3)ccc2n1C. The second-order valence-electron chi connectivity index (χ2n) is 5.84. The van der Waals surface area contributed by atoms with Crippen LogP contribution in [0.2, 0.25) is 5.02 Å². The molecular weight excluding hydrogens is 322 g/mol. The molecule has 0 saturated carbocycles. The topological polar surface area (TPSA) is 46.9 Å². The lowest BCUT2D eigenvalue weighted by Gasteiger charge is -2.06. The van der Waals surface area contributed by atoms with Gasteiger partial charge in [0, 0.05) is 25.0 Å². The summed E-state index contributed by atoms with van der Waals surface area (Å²) >= 11 is 5.85. The van der Waals surface area contributed by atoms with E-state index in [1.54, 1.807) is 12.1 Å². The standard InChI is InChI=1S/C19H20ClN3O/c1-3-18-22-16-10-14(6-9-17(16)23(18)2)12-21-19(24)11-13-4-7-15(20)8-5-13/h4-10H,3,11-12H2,1-2H3,(H,21,24). The first-order chi connectivity index (χ1) is 11.6. The van der Waals surface area contributed by atoms with E-state index in [-0.39, 0.29) is 5.91 Å². The van der Waals surface area contributed by atoms with Gasteiger partial charge in [-0.15, -0.1) is 0 Å². The van der Waals surface area contributed by atoms with Crippen molar-refractivity contribution in [3.8, 4) is 0 Å². The number of carbonyl (C=O) groups is 1. The number of amides is 1. The number of nitrogens with zero attached hydrogens (tertiary/aromatic N) is 2. The van der Waals surface area contributed by atoms with Crippen LogP contribution in [0.4, 0.5) is 0 Å². The second-order valence-corrected chi connectivity index (χ2v) is 6.28. The number of nitrogens with one attached hydrogen (secondary N) is 1. The van der Waals surface area contributed by atoms with Crippen LogP contribution in [0.5, 0.6) is 0 Å². The van der Waals surface area contributed by atoms with E-state index in [0.717, 1.165) is 34.4 Å². The van der Waals surface area contributed by atoms with Crippen molar-refractivity contribution in [1.82, 2.24) is 14.9 Å². The Morgan fingerprint density at radius 3 is 2.58 bits per heavy atom. The molecule has 3 aromatic rings. The van der Waals surface area contributed by atoms with Gasteiger partial charge in [-0.05, 0) is 35.4 Å². The molecule has 4 nitrogen and oxygen atoms in total. The molecule has 1 aromatic heterocycles. The maximum Gasteiger partial charge on any atom is 0.224 e. The van der Waals surface area contributed by atoms with Crippen molar-refractivity contribution < 1.29 is 4.79 Å². The largest absolute Gasteiger partial charge is 0.352 e. The first-order valence-corrected chi connectivity index (χ1v) is 8.40. The van der Waals surface area contributed by atoms with Crippen molar-refractivity contribution in [2.75, 3.05) is 0 Å². The predicted octanol–water partition coefficient (Wildman–Crippen LogP) is 3.65. The van der Waals surface area contributed by atoms with E-state index in [1.807, 2.05) is 31.3 Å². The van der Waals surface area contributed by atoms with E-state index in [2.05, 4.69) is 27.9 Å². The number of hydrogen-bond donors (Lipinski definition) is 1. The van der Waals surface area contributed by atoms with Crippen molar-refractivity contribution in [3.05, 3.63) is 64.4 Å². The van der Waals surface area contributed by atoms with E-state index in [4.69, 9.17) is 11.6 Å². The van der Waals surface area contributed by atoms with Crippen LogP contribution in [-0.2, 0) is 31.2 Å². The predicted molar refractivity (Wildman–Crippen MR) is 97.1 cm³/mol. The molecule has 0 aliphatic rings. The molecule has 5 heteroatoms. The Morgan fingerprint density at radius 2 is 1.88 bits per heavy atom. The minimum Gasteiger partial charge on any atom is -0.352 e. The third-order valence-corrected chi connectivity index (χ3v) is 4.37. The van der Waals surface area contributed by atoms with E-state index < -0.39 is 0 Å². The smallest absolute Gasteiger partial charge is 0.224 e. The lowest BCUT2D eigenvalue weighted by Crippen LogP contribution is -2.24. The van der Waals surface area contributed by atoms with E-state index in [9.17, 15) is 4.79 Å². The Kier molecular flexibility index (Phi) is 4.86. The Bertz CT molecular complexity index is 868. The minimum atomic E-state index is -0.00677. The normalized spacial score (nSPS) is 11.0. The Morgan fingerprint density at radius 1 is 1.17 bits per heavy atom. The number of aromatic nitrogens is 2. The van der Waals surface area contributed by atoms with Gasteiger partial charge in [0.05, 0.1) is 17.5 Å². The summed E-state index contributed by atoms with van der Waals surface area (Å²) in [6.07, 6.45) is 1.25.